The van der Waals surface area contributed by atoms with Crippen molar-refractivity contribution in [1.29, 1.82) is 0 Å². The molecule has 0 aliphatic rings. The Kier molecular flexibility index (Phi) is 15.8. The summed E-state index contributed by atoms with van der Waals surface area (Å²) in [5.74, 6) is -3.70. The average molecular weight is 565 g/mol. The normalized spacial score (nSPS) is 11.3. The Morgan fingerprint density at radius 1 is 0.475 bits per heavy atom. The standard InChI is InChI=1S/C29H40O11/c1-9-22(30)36-17-28(14-27(6,7)8,18-37-23(31)10-2)15-35-16-29(19-38-24(32)11-3,20-39-25(33)12-4)21-40-26(34)13-5/h9-13H,1-5,14-21H2,6-8H3. The van der Waals surface area contributed by atoms with E-state index in [1.54, 1.807) is 0 Å². The molecule has 0 radical (unpaired) electrons. The van der Waals surface area contributed by atoms with Crippen molar-refractivity contribution < 1.29 is 52.4 Å². The molecular weight excluding hydrogens is 524 g/mol. The summed E-state index contributed by atoms with van der Waals surface area (Å²) < 4.78 is 32.3. The lowest BCUT2D eigenvalue weighted by atomic mass is 9.75. The largest absolute Gasteiger partial charge is 0.462 e. The Balaban J connectivity index is 6.30. The molecule has 0 saturated heterocycles. The smallest absolute Gasteiger partial charge is 0.330 e. The molecule has 0 saturated carbocycles. The van der Waals surface area contributed by atoms with Gasteiger partial charge in [-0.05, 0) is 11.8 Å². The van der Waals surface area contributed by atoms with Gasteiger partial charge in [0.1, 0.15) is 33.0 Å². The van der Waals surface area contributed by atoms with Crippen LogP contribution in [0.2, 0.25) is 0 Å². The average Bonchev–Trinajstić information content (AvgIpc) is 2.93. The summed E-state index contributed by atoms with van der Waals surface area (Å²) in [5, 5.41) is 0. The van der Waals surface area contributed by atoms with Crippen molar-refractivity contribution in [3.05, 3.63) is 63.3 Å². The molecule has 0 unspecified atom stereocenters. The minimum Gasteiger partial charge on any atom is -0.462 e. The first-order valence-electron chi connectivity index (χ1n) is 12.2. The highest BCUT2D eigenvalue weighted by atomic mass is 16.6. The number of ether oxygens (including phenoxy) is 6. The van der Waals surface area contributed by atoms with Crippen molar-refractivity contribution in [2.45, 2.75) is 27.2 Å². The van der Waals surface area contributed by atoms with E-state index in [9.17, 15) is 24.0 Å². The second-order valence-electron chi connectivity index (χ2n) is 10.3. The van der Waals surface area contributed by atoms with Crippen LogP contribution < -0.4 is 0 Å². The van der Waals surface area contributed by atoms with Crippen LogP contribution in [0.15, 0.2) is 63.3 Å². The third kappa shape index (κ3) is 14.8. The molecule has 0 spiro atoms. The minimum absolute atomic E-state index is 0.138. The van der Waals surface area contributed by atoms with E-state index >= 15 is 0 Å². The number of carbonyl (C=O) groups is 5. The lowest BCUT2D eigenvalue weighted by Crippen LogP contribution is -2.46. The molecule has 11 nitrogen and oxygen atoms in total. The molecule has 0 atom stereocenters. The van der Waals surface area contributed by atoms with E-state index in [2.05, 4.69) is 32.9 Å². The predicted octanol–water partition coefficient (Wildman–Crippen LogP) is 3.06. The highest BCUT2D eigenvalue weighted by molar-refractivity contribution is 5.82. The summed E-state index contributed by atoms with van der Waals surface area (Å²) in [5.41, 5.74) is -2.77. The summed E-state index contributed by atoms with van der Waals surface area (Å²) in [6, 6.07) is 0. The van der Waals surface area contributed by atoms with Gasteiger partial charge in [0.05, 0.1) is 24.0 Å². The van der Waals surface area contributed by atoms with Crippen LogP contribution in [-0.2, 0) is 52.4 Å². The maximum absolute atomic E-state index is 11.9. The topological polar surface area (TPSA) is 141 Å². The van der Waals surface area contributed by atoms with E-state index in [1.165, 1.54) is 0 Å². The fraction of sp³-hybridized carbons (Fsp3) is 0.483. The Labute approximate surface area is 235 Å². The van der Waals surface area contributed by atoms with Gasteiger partial charge in [0, 0.05) is 30.4 Å². The zero-order chi connectivity index (χ0) is 30.8. The van der Waals surface area contributed by atoms with Gasteiger partial charge in [-0.1, -0.05) is 53.7 Å². The van der Waals surface area contributed by atoms with Crippen molar-refractivity contribution in [3.8, 4) is 0 Å². The van der Waals surface area contributed by atoms with Crippen LogP contribution in [0.25, 0.3) is 0 Å². The minimum atomic E-state index is -1.38. The zero-order valence-electron chi connectivity index (χ0n) is 23.6. The second-order valence-corrected chi connectivity index (χ2v) is 10.3. The number of carbonyl (C=O) groups excluding carboxylic acids is 5. The monoisotopic (exact) mass is 564 g/mol. The summed E-state index contributed by atoms with van der Waals surface area (Å²) in [6.45, 7) is 20.7. The molecule has 0 aromatic rings. The molecule has 0 fully saturated rings. The van der Waals surface area contributed by atoms with Crippen LogP contribution in [0.4, 0.5) is 0 Å². The van der Waals surface area contributed by atoms with Gasteiger partial charge in [-0.2, -0.15) is 0 Å². The van der Waals surface area contributed by atoms with E-state index < -0.39 is 60.5 Å². The lowest BCUT2D eigenvalue weighted by molar-refractivity contribution is -0.166. The Hall–Kier alpha value is -3.99. The molecule has 11 heteroatoms. The molecule has 0 rings (SSSR count). The predicted molar refractivity (Wildman–Crippen MR) is 146 cm³/mol. The van der Waals surface area contributed by atoms with Gasteiger partial charge in [-0.15, -0.1) is 0 Å². The quantitative estimate of drug-likeness (QED) is 0.122. The maximum Gasteiger partial charge on any atom is 0.330 e. The van der Waals surface area contributed by atoms with Crippen LogP contribution in [-0.4, -0.2) is 76.1 Å². The van der Waals surface area contributed by atoms with E-state index in [-0.39, 0.29) is 31.8 Å². The maximum atomic E-state index is 11.9. The molecule has 40 heavy (non-hydrogen) atoms. The number of hydrogen-bond donors (Lipinski definition) is 0. The summed E-state index contributed by atoms with van der Waals surface area (Å²) in [6.07, 6.45) is 5.18. The fourth-order valence-electron chi connectivity index (χ4n) is 3.55. The van der Waals surface area contributed by atoms with Gasteiger partial charge in [0.25, 0.3) is 0 Å². The van der Waals surface area contributed by atoms with Gasteiger partial charge in [-0.3, -0.25) is 0 Å². The molecular formula is C29H40O11. The summed E-state index contributed by atoms with van der Waals surface area (Å²) in [7, 11) is 0. The van der Waals surface area contributed by atoms with Crippen LogP contribution in [0.3, 0.4) is 0 Å². The molecule has 0 aromatic heterocycles. The third-order valence-electron chi connectivity index (χ3n) is 5.16. The van der Waals surface area contributed by atoms with Gasteiger partial charge in [-0.25, -0.2) is 24.0 Å². The van der Waals surface area contributed by atoms with Crippen molar-refractivity contribution >= 4 is 29.8 Å². The Morgan fingerprint density at radius 3 is 0.975 bits per heavy atom. The number of hydrogen-bond acceptors (Lipinski definition) is 11. The van der Waals surface area contributed by atoms with Crippen molar-refractivity contribution in [2.75, 3.05) is 46.2 Å². The van der Waals surface area contributed by atoms with Crippen molar-refractivity contribution in [1.82, 2.24) is 0 Å². The second kappa shape index (κ2) is 17.6. The van der Waals surface area contributed by atoms with E-state index in [1.807, 2.05) is 20.8 Å². The van der Waals surface area contributed by atoms with Gasteiger partial charge >= 0.3 is 29.8 Å². The Bertz CT molecular complexity index is 872. The first-order valence-corrected chi connectivity index (χ1v) is 12.2. The van der Waals surface area contributed by atoms with Crippen molar-refractivity contribution in [3.63, 3.8) is 0 Å². The zero-order valence-corrected chi connectivity index (χ0v) is 23.6. The highest BCUT2D eigenvalue weighted by Gasteiger charge is 2.41. The van der Waals surface area contributed by atoms with Gasteiger partial charge < -0.3 is 28.4 Å². The molecule has 0 bridgehead atoms. The van der Waals surface area contributed by atoms with Crippen LogP contribution in [0.5, 0.6) is 0 Å². The molecule has 0 aromatic carbocycles. The first kappa shape index (κ1) is 36.0. The molecule has 0 N–H and O–H groups in total. The molecule has 222 valence electrons. The van der Waals surface area contributed by atoms with Gasteiger partial charge in [0.2, 0.25) is 0 Å². The molecule has 0 heterocycles. The van der Waals surface area contributed by atoms with E-state index in [0.29, 0.717) is 6.42 Å². The first-order chi connectivity index (χ1) is 18.7. The van der Waals surface area contributed by atoms with Crippen LogP contribution >= 0.6 is 0 Å². The Morgan fingerprint density at radius 2 is 0.725 bits per heavy atom. The van der Waals surface area contributed by atoms with Crippen LogP contribution in [0.1, 0.15) is 27.2 Å². The summed E-state index contributed by atoms with van der Waals surface area (Å²) >= 11 is 0. The van der Waals surface area contributed by atoms with Gasteiger partial charge in [0.15, 0.2) is 0 Å². The van der Waals surface area contributed by atoms with E-state index in [0.717, 1.165) is 30.4 Å². The van der Waals surface area contributed by atoms with Crippen molar-refractivity contribution in [2.24, 2.45) is 16.2 Å². The van der Waals surface area contributed by atoms with E-state index in [4.69, 9.17) is 28.4 Å². The fourth-order valence-corrected chi connectivity index (χ4v) is 3.55. The SMILES string of the molecule is C=CC(=O)OCC(COCC(COC(=O)C=C)(COC(=O)C=C)CC(C)(C)C)(COC(=O)C=C)COC(=O)C=C. The third-order valence-corrected chi connectivity index (χ3v) is 5.16. The molecule has 0 aliphatic carbocycles. The molecule has 0 aliphatic heterocycles. The molecule has 0 amide bonds. The summed E-state index contributed by atoms with van der Waals surface area (Å²) in [4.78, 5) is 59.4. The highest BCUT2D eigenvalue weighted by Crippen LogP contribution is 2.36. The number of rotatable bonds is 20. The number of esters is 5. The van der Waals surface area contributed by atoms with Crippen LogP contribution in [0, 0.1) is 16.2 Å². The lowest BCUT2D eigenvalue weighted by Gasteiger charge is -2.39.